The predicted molar refractivity (Wildman–Crippen MR) is 123 cm³/mol. The first-order valence-corrected chi connectivity index (χ1v) is 9.70. The fourth-order valence-corrected chi connectivity index (χ4v) is 3.16. The Morgan fingerprint density at radius 2 is 1.64 bits per heavy atom. The summed E-state index contributed by atoms with van der Waals surface area (Å²) in [6, 6.07) is 16.3. The van der Waals surface area contributed by atoms with E-state index in [1.54, 1.807) is 36.4 Å². The van der Waals surface area contributed by atoms with E-state index in [9.17, 15) is 30.2 Å². The number of nitro groups is 1. The van der Waals surface area contributed by atoms with Gasteiger partial charge in [0.15, 0.2) is 17.2 Å². The minimum atomic E-state index is -0.592. The number of aromatic hydroxyl groups is 3. The number of phenols is 3. The molecular formula is C24H17N3O6. The van der Waals surface area contributed by atoms with Crippen LogP contribution in [0.4, 0.5) is 11.4 Å². The molecule has 0 radical (unpaired) electrons. The van der Waals surface area contributed by atoms with E-state index in [-0.39, 0.29) is 34.0 Å². The minimum absolute atomic E-state index is 0.00191. The molecule has 33 heavy (non-hydrogen) atoms. The molecule has 0 spiro atoms. The molecule has 0 bridgehead atoms. The van der Waals surface area contributed by atoms with Gasteiger partial charge in [-0.1, -0.05) is 24.3 Å². The van der Waals surface area contributed by atoms with Gasteiger partial charge in [0.1, 0.15) is 5.52 Å². The van der Waals surface area contributed by atoms with E-state index in [0.717, 1.165) is 0 Å². The third-order valence-corrected chi connectivity index (χ3v) is 4.88. The minimum Gasteiger partial charge on any atom is -0.505 e. The van der Waals surface area contributed by atoms with Crippen molar-refractivity contribution < 1.29 is 25.0 Å². The summed E-state index contributed by atoms with van der Waals surface area (Å²) in [5.41, 5.74) is 1.59. The van der Waals surface area contributed by atoms with Crippen molar-refractivity contribution in [1.29, 1.82) is 0 Å². The first kappa shape index (κ1) is 21.3. The van der Waals surface area contributed by atoms with Crippen LogP contribution in [0.5, 0.6) is 17.2 Å². The third kappa shape index (κ3) is 4.57. The van der Waals surface area contributed by atoms with Gasteiger partial charge in [-0.25, -0.2) is 4.98 Å². The van der Waals surface area contributed by atoms with E-state index in [2.05, 4.69) is 10.3 Å². The van der Waals surface area contributed by atoms with Gasteiger partial charge < -0.3 is 20.6 Å². The Balaban J connectivity index is 1.60. The van der Waals surface area contributed by atoms with Crippen LogP contribution in [0.1, 0.15) is 21.6 Å². The van der Waals surface area contributed by atoms with Crippen molar-refractivity contribution in [2.24, 2.45) is 0 Å². The highest BCUT2D eigenvalue weighted by Crippen LogP contribution is 2.29. The maximum atomic E-state index is 12.7. The van der Waals surface area contributed by atoms with Gasteiger partial charge in [0, 0.05) is 23.2 Å². The zero-order valence-electron chi connectivity index (χ0n) is 17.0. The smallest absolute Gasteiger partial charge is 0.269 e. The van der Waals surface area contributed by atoms with E-state index in [1.807, 2.05) is 0 Å². The number of nitrogens with one attached hydrogen (secondary N) is 1. The summed E-state index contributed by atoms with van der Waals surface area (Å²) in [5, 5.41) is 43.7. The van der Waals surface area contributed by atoms with Gasteiger partial charge in [0.2, 0.25) is 0 Å². The lowest BCUT2D eigenvalue weighted by Crippen LogP contribution is -2.12. The second-order valence-electron chi connectivity index (χ2n) is 7.11. The maximum absolute atomic E-state index is 12.7. The first-order valence-electron chi connectivity index (χ1n) is 9.70. The van der Waals surface area contributed by atoms with Crippen LogP contribution in [0.15, 0.2) is 66.7 Å². The highest BCUT2D eigenvalue weighted by Gasteiger charge is 2.16. The molecule has 9 heteroatoms. The molecule has 1 amide bonds. The number of pyridine rings is 1. The number of fused-ring (bicyclic) bond motifs is 1. The van der Waals surface area contributed by atoms with Gasteiger partial charge in [-0.3, -0.25) is 14.9 Å². The molecule has 0 saturated carbocycles. The number of anilines is 1. The van der Waals surface area contributed by atoms with Gasteiger partial charge >= 0.3 is 0 Å². The molecular weight excluding hydrogens is 426 g/mol. The number of phenolic OH excluding ortho intramolecular Hbond substituents is 3. The number of carbonyl (C=O) groups is 1. The zero-order chi connectivity index (χ0) is 23.5. The quantitative estimate of drug-likeness (QED) is 0.199. The first-order chi connectivity index (χ1) is 15.8. The number of amides is 1. The maximum Gasteiger partial charge on any atom is 0.269 e. The van der Waals surface area contributed by atoms with Crippen LogP contribution < -0.4 is 5.32 Å². The molecule has 0 aliphatic carbocycles. The van der Waals surface area contributed by atoms with Crippen LogP contribution in [-0.2, 0) is 0 Å². The number of benzene rings is 3. The molecule has 9 nitrogen and oxygen atoms in total. The molecule has 0 aliphatic rings. The number of non-ortho nitro benzene ring substituents is 1. The van der Waals surface area contributed by atoms with Crippen LogP contribution in [0.25, 0.3) is 23.1 Å². The van der Waals surface area contributed by atoms with E-state index in [1.165, 1.54) is 42.5 Å². The van der Waals surface area contributed by atoms with Crippen molar-refractivity contribution in [3.05, 3.63) is 93.7 Å². The Morgan fingerprint density at radius 3 is 2.33 bits per heavy atom. The third-order valence-electron chi connectivity index (χ3n) is 4.88. The summed E-state index contributed by atoms with van der Waals surface area (Å²) in [6.07, 6.45) is 3.34. The number of hydrogen-bond donors (Lipinski definition) is 4. The van der Waals surface area contributed by atoms with Crippen molar-refractivity contribution in [3.63, 3.8) is 0 Å². The Bertz CT molecular complexity index is 1410. The van der Waals surface area contributed by atoms with Crippen LogP contribution in [0.3, 0.4) is 0 Å². The molecule has 0 saturated heterocycles. The van der Waals surface area contributed by atoms with E-state index >= 15 is 0 Å². The SMILES string of the molecule is O=C(Nc1ccc([N+](=O)[O-])cc1)c1ccc2ccc(/C=C/c3ccc(O)c(O)c3)nc2c1O. The average molecular weight is 443 g/mol. The van der Waals surface area contributed by atoms with Crippen molar-refractivity contribution in [1.82, 2.24) is 4.98 Å². The van der Waals surface area contributed by atoms with Gasteiger partial charge in [0.25, 0.3) is 11.6 Å². The van der Waals surface area contributed by atoms with E-state index in [0.29, 0.717) is 22.3 Å². The van der Waals surface area contributed by atoms with Crippen molar-refractivity contribution >= 4 is 40.3 Å². The number of nitro benzene ring substituents is 1. The average Bonchev–Trinajstić information content (AvgIpc) is 2.80. The van der Waals surface area contributed by atoms with E-state index in [4.69, 9.17) is 0 Å². The van der Waals surface area contributed by atoms with E-state index < -0.39 is 10.8 Å². The van der Waals surface area contributed by atoms with Gasteiger partial charge in [-0.2, -0.15) is 0 Å². The number of hydrogen-bond acceptors (Lipinski definition) is 7. The Hall–Kier alpha value is -4.92. The van der Waals surface area contributed by atoms with Crippen LogP contribution in [0, 0.1) is 10.1 Å². The molecule has 0 atom stereocenters. The molecule has 3 aromatic carbocycles. The molecule has 4 aromatic rings. The molecule has 1 heterocycles. The lowest BCUT2D eigenvalue weighted by molar-refractivity contribution is -0.384. The summed E-state index contributed by atoms with van der Waals surface area (Å²) < 4.78 is 0. The summed E-state index contributed by atoms with van der Waals surface area (Å²) >= 11 is 0. The molecule has 164 valence electrons. The molecule has 1 aromatic heterocycles. The number of rotatable bonds is 5. The molecule has 0 unspecified atom stereocenters. The van der Waals surface area contributed by atoms with Crippen molar-refractivity contribution in [2.75, 3.05) is 5.32 Å². The zero-order valence-corrected chi connectivity index (χ0v) is 17.0. The molecule has 0 fully saturated rings. The van der Waals surface area contributed by atoms with Gasteiger partial charge in [-0.05, 0) is 48.0 Å². The van der Waals surface area contributed by atoms with Crippen molar-refractivity contribution in [2.45, 2.75) is 0 Å². The second kappa shape index (κ2) is 8.67. The second-order valence-corrected chi connectivity index (χ2v) is 7.11. The molecule has 4 N–H and O–H groups in total. The predicted octanol–water partition coefficient (Wildman–Crippen LogP) is 4.68. The highest BCUT2D eigenvalue weighted by atomic mass is 16.6. The number of carbonyl (C=O) groups excluding carboxylic acids is 1. The highest BCUT2D eigenvalue weighted by molar-refractivity contribution is 6.09. The monoisotopic (exact) mass is 443 g/mol. The fraction of sp³-hybridized carbons (Fsp3) is 0. The normalized spacial score (nSPS) is 11.0. The Morgan fingerprint density at radius 1 is 0.909 bits per heavy atom. The van der Waals surface area contributed by atoms with Gasteiger partial charge in [0.05, 0.1) is 16.2 Å². The standard InChI is InChI=1S/C24H17N3O6/c28-20-12-2-14(13-21(20)29)1-5-16-6-3-15-4-11-19(23(30)22(15)25-16)24(31)26-17-7-9-18(10-8-17)27(32)33/h1-13,28-30H,(H,26,31)/b5-1+. The largest absolute Gasteiger partial charge is 0.505 e. The summed E-state index contributed by atoms with van der Waals surface area (Å²) in [4.78, 5) is 27.3. The topological polar surface area (TPSA) is 146 Å². The number of aromatic nitrogens is 1. The Labute approximate surface area is 187 Å². The number of nitrogens with zero attached hydrogens (tertiary/aromatic N) is 2. The van der Waals surface area contributed by atoms with Crippen molar-refractivity contribution in [3.8, 4) is 17.2 Å². The van der Waals surface area contributed by atoms with Crippen LogP contribution in [-0.4, -0.2) is 31.1 Å². The summed E-state index contributed by atoms with van der Waals surface area (Å²) in [6.45, 7) is 0. The summed E-state index contributed by atoms with van der Waals surface area (Å²) in [5.74, 6) is -1.36. The lowest BCUT2D eigenvalue weighted by Gasteiger charge is -2.09. The summed E-state index contributed by atoms with van der Waals surface area (Å²) in [7, 11) is 0. The van der Waals surface area contributed by atoms with Crippen LogP contribution in [0.2, 0.25) is 0 Å². The van der Waals surface area contributed by atoms with Crippen LogP contribution >= 0.6 is 0 Å². The lowest BCUT2D eigenvalue weighted by atomic mass is 10.1. The fourth-order valence-electron chi connectivity index (χ4n) is 3.16. The van der Waals surface area contributed by atoms with Gasteiger partial charge in [-0.15, -0.1) is 0 Å². The molecule has 4 rings (SSSR count). The Kier molecular flexibility index (Phi) is 5.60. The molecule has 0 aliphatic heterocycles.